The van der Waals surface area contributed by atoms with Crippen LogP contribution >= 0.6 is 12.2 Å². The van der Waals surface area contributed by atoms with Gasteiger partial charge in [0.05, 0.1) is 5.69 Å². The van der Waals surface area contributed by atoms with Crippen molar-refractivity contribution in [1.82, 2.24) is 0 Å². The van der Waals surface area contributed by atoms with Crippen molar-refractivity contribution in [3.8, 4) is 0 Å². The minimum absolute atomic E-state index is 0.0676. The molecule has 21 heavy (non-hydrogen) atoms. The van der Waals surface area contributed by atoms with Gasteiger partial charge in [-0.1, -0.05) is 36.5 Å². The number of rotatable bonds is 4. The number of hydrogen-bond donors (Lipinski definition) is 2. The van der Waals surface area contributed by atoms with Crippen molar-refractivity contribution in [3.05, 3.63) is 64.7 Å². The van der Waals surface area contributed by atoms with Crippen LogP contribution in [0.2, 0.25) is 0 Å². The number of hydrogen-bond acceptors (Lipinski definition) is 2. The lowest BCUT2D eigenvalue weighted by atomic mass is 9.77. The lowest BCUT2D eigenvalue weighted by molar-refractivity contribution is 0.508. The van der Waals surface area contributed by atoms with Crippen LogP contribution in [0.1, 0.15) is 22.6 Å². The smallest absolute Gasteiger partial charge is 0.182 e. The molecule has 0 saturated carbocycles. The highest BCUT2D eigenvalue weighted by molar-refractivity contribution is 7.80. The number of fused-ring (bicyclic) bond motifs is 1. The Morgan fingerprint density at radius 3 is 2.67 bits per heavy atom. The molecule has 0 bridgehead atoms. The molecule has 1 aliphatic carbocycles. The van der Waals surface area contributed by atoms with Gasteiger partial charge in [-0.15, -0.1) is 0 Å². The van der Waals surface area contributed by atoms with E-state index >= 15 is 0 Å². The molecule has 0 aliphatic heterocycles. The average molecular weight is 304 g/mol. The van der Waals surface area contributed by atoms with E-state index in [0.29, 0.717) is 12.5 Å². The highest BCUT2D eigenvalue weighted by atomic mass is 32.1. The van der Waals surface area contributed by atoms with Crippen molar-refractivity contribution in [2.24, 2.45) is 5.73 Å². The van der Waals surface area contributed by atoms with Crippen LogP contribution in [0, 0.1) is 11.6 Å². The molecule has 0 heterocycles. The van der Waals surface area contributed by atoms with Gasteiger partial charge in [0.1, 0.15) is 4.99 Å². The van der Waals surface area contributed by atoms with Gasteiger partial charge in [0.2, 0.25) is 0 Å². The lowest BCUT2D eigenvalue weighted by Crippen LogP contribution is -2.24. The summed E-state index contributed by atoms with van der Waals surface area (Å²) in [6, 6.07) is 11.0. The van der Waals surface area contributed by atoms with Crippen LogP contribution in [0.25, 0.3) is 0 Å². The van der Waals surface area contributed by atoms with E-state index in [0.717, 1.165) is 6.42 Å². The summed E-state index contributed by atoms with van der Waals surface area (Å²) in [6.45, 7) is 0.569. The zero-order chi connectivity index (χ0) is 15.0. The molecule has 1 atom stereocenters. The normalized spacial score (nSPS) is 16.0. The Hall–Kier alpha value is -2.01. The Labute approximate surface area is 127 Å². The van der Waals surface area contributed by atoms with E-state index in [2.05, 4.69) is 29.7 Å². The number of halogens is 2. The Morgan fingerprint density at radius 1 is 1.19 bits per heavy atom. The van der Waals surface area contributed by atoms with E-state index < -0.39 is 11.6 Å². The van der Waals surface area contributed by atoms with E-state index in [1.807, 2.05) is 12.1 Å². The van der Waals surface area contributed by atoms with E-state index in [4.69, 9.17) is 5.73 Å². The number of thiocarbonyl (C=S) groups is 1. The third kappa shape index (κ3) is 2.49. The number of nitrogens with two attached hydrogens (primary N) is 1. The van der Waals surface area contributed by atoms with Crippen molar-refractivity contribution in [2.45, 2.75) is 12.3 Å². The second kappa shape index (κ2) is 5.41. The van der Waals surface area contributed by atoms with Crippen molar-refractivity contribution in [1.29, 1.82) is 0 Å². The summed E-state index contributed by atoms with van der Waals surface area (Å²) in [6.07, 6.45) is 0.957. The molecule has 0 fully saturated rings. The van der Waals surface area contributed by atoms with Crippen LogP contribution in [0.5, 0.6) is 0 Å². The minimum Gasteiger partial charge on any atom is -0.389 e. The van der Waals surface area contributed by atoms with E-state index in [1.54, 1.807) is 0 Å². The summed E-state index contributed by atoms with van der Waals surface area (Å²) in [7, 11) is 0. The van der Waals surface area contributed by atoms with Gasteiger partial charge < -0.3 is 11.1 Å². The quantitative estimate of drug-likeness (QED) is 0.851. The molecule has 1 unspecified atom stereocenters. The highest BCUT2D eigenvalue weighted by Gasteiger charge is 2.25. The van der Waals surface area contributed by atoms with Crippen LogP contribution in [-0.2, 0) is 6.42 Å². The molecule has 0 spiro atoms. The Bertz CT molecular complexity index is 715. The maximum atomic E-state index is 13.9. The predicted octanol–water partition coefficient (Wildman–Crippen LogP) is 3.35. The summed E-state index contributed by atoms with van der Waals surface area (Å²) in [4.78, 5) is -0.147. The van der Waals surface area contributed by atoms with Gasteiger partial charge >= 0.3 is 0 Å². The molecular formula is C16H14F2N2S. The van der Waals surface area contributed by atoms with Gasteiger partial charge in [-0.2, -0.15) is 0 Å². The second-order valence-corrected chi connectivity index (χ2v) is 5.57. The maximum Gasteiger partial charge on any atom is 0.182 e. The molecule has 2 aromatic rings. The molecule has 2 aromatic carbocycles. The third-order valence-corrected chi connectivity index (χ3v) is 4.07. The van der Waals surface area contributed by atoms with Gasteiger partial charge in [0.25, 0.3) is 0 Å². The average Bonchev–Trinajstić information content (AvgIpc) is 2.44. The van der Waals surface area contributed by atoms with Gasteiger partial charge in [-0.3, -0.25) is 0 Å². The van der Waals surface area contributed by atoms with Crippen LogP contribution in [0.3, 0.4) is 0 Å². The zero-order valence-electron chi connectivity index (χ0n) is 11.2. The first kappa shape index (κ1) is 13.9. The highest BCUT2D eigenvalue weighted by Crippen LogP contribution is 2.35. The molecule has 3 N–H and O–H groups in total. The Morgan fingerprint density at radius 2 is 1.95 bits per heavy atom. The van der Waals surface area contributed by atoms with Crippen molar-refractivity contribution < 1.29 is 8.78 Å². The minimum atomic E-state index is -0.999. The molecule has 0 radical (unpaired) electrons. The SMILES string of the molecule is NC(=S)c1ccc(NCC2Cc3ccccc32)c(F)c1F. The predicted molar refractivity (Wildman–Crippen MR) is 83.6 cm³/mol. The fourth-order valence-corrected chi connectivity index (χ4v) is 2.81. The molecular weight excluding hydrogens is 290 g/mol. The molecule has 2 nitrogen and oxygen atoms in total. The summed E-state index contributed by atoms with van der Waals surface area (Å²) >= 11 is 4.68. The van der Waals surface area contributed by atoms with Crippen molar-refractivity contribution >= 4 is 22.9 Å². The first-order chi connectivity index (χ1) is 10.1. The monoisotopic (exact) mass is 304 g/mol. The third-order valence-electron chi connectivity index (χ3n) is 3.85. The molecule has 3 rings (SSSR count). The standard InChI is InChI=1S/C16H14F2N2S/c17-14-12(16(19)21)5-6-13(15(14)18)20-8-10-7-9-3-1-2-4-11(9)10/h1-6,10,20H,7-8H2,(H2,19,21). The second-order valence-electron chi connectivity index (χ2n) is 5.13. The summed E-state index contributed by atoms with van der Waals surface area (Å²) in [5, 5.41) is 2.96. The summed E-state index contributed by atoms with van der Waals surface area (Å²) < 4.78 is 27.7. The Kier molecular flexibility index (Phi) is 3.59. The van der Waals surface area contributed by atoms with Crippen molar-refractivity contribution in [3.63, 3.8) is 0 Å². The van der Waals surface area contributed by atoms with Gasteiger partial charge in [-0.05, 0) is 29.7 Å². The molecule has 1 aliphatic rings. The van der Waals surface area contributed by atoms with Gasteiger partial charge in [-0.25, -0.2) is 8.78 Å². The van der Waals surface area contributed by atoms with Gasteiger partial charge in [0, 0.05) is 18.0 Å². The van der Waals surface area contributed by atoms with Crippen LogP contribution in [-0.4, -0.2) is 11.5 Å². The molecule has 0 saturated heterocycles. The van der Waals surface area contributed by atoms with E-state index in [-0.39, 0.29) is 16.2 Å². The van der Waals surface area contributed by atoms with E-state index in [9.17, 15) is 8.78 Å². The molecule has 108 valence electrons. The van der Waals surface area contributed by atoms with Crippen LogP contribution in [0.4, 0.5) is 14.5 Å². The fraction of sp³-hybridized carbons (Fsp3) is 0.188. The Balaban J connectivity index is 1.73. The van der Waals surface area contributed by atoms with E-state index in [1.165, 1.54) is 23.3 Å². The maximum absolute atomic E-state index is 13.9. The number of anilines is 1. The van der Waals surface area contributed by atoms with Crippen LogP contribution in [0.15, 0.2) is 36.4 Å². The number of nitrogens with one attached hydrogen (secondary N) is 1. The largest absolute Gasteiger partial charge is 0.389 e. The molecule has 0 amide bonds. The summed E-state index contributed by atoms with van der Waals surface area (Å²) in [5.74, 6) is -1.60. The van der Waals surface area contributed by atoms with Crippen LogP contribution < -0.4 is 11.1 Å². The molecule has 5 heteroatoms. The topological polar surface area (TPSA) is 38.0 Å². The first-order valence-corrected chi connectivity index (χ1v) is 7.08. The summed E-state index contributed by atoms with van der Waals surface area (Å²) in [5.41, 5.74) is 8.00. The van der Waals surface area contributed by atoms with Gasteiger partial charge in [0.15, 0.2) is 11.6 Å². The van der Waals surface area contributed by atoms with Crippen molar-refractivity contribution in [2.75, 3.05) is 11.9 Å². The zero-order valence-corrected chi connectivity index (χ0v) is 12.0. The number of benzene rings is 2. The fourth-order valence-electron chi connectivity index (χ4n) is 2.65. The lowest BCUT2D eigenvalue weighted by Gasteiger charge is -2.30. The first-order valence-electron chi connectivity index (χ1n) is 6.67. The molecule has 0 aromatic heterocycles.